The minimum absolute atomic E-state index is 0. The predicted octanol–water partition coefficient (Wildman–Crippen LogP) is 4.39. The molecule has 1 atom stereocenters. The van der Waals surface area contributed by atoms with Crippen LogP contribution in [-0.4, -0.2) is 19.3 Å². The van der Waals surface area contributed by atoms with Gasteiger partial charge in [0.2, 0.25) is 0 Å². The van der Waals surface area contributed by atoms with E-state index < -0.39 is 22.0 Å². The van der Waals surface area contributed by atoms with Gasteiger partial charge in [0, 0.05) is 13.0 Å². The fourth-order valence-electron chi connectivity index (χ4n) is 3.34. The Morgan fingerprint density at radius 2 is 1.66 bits per heavy atom. The molecule has 1 amide bonds. The second-order valence-corrected chi connectivity index (χ2v) is 8.62. The molecule has 0 bridgehead atoms. The van der Waals surface area contributed by atoms with Gasteiger partial charge < -0.3 is 5.32 Å². The van der Waals surface area contributed by atoms with Gasteiger partial charge in [0.15, 0.2) is 0 Å². The highest BCUT2D eigenvalue weighted by Crippen LogP contribution is 2.25. The Labute approximate surface area is 187 Å². The number of carbonyl (C=O) groups excluding carboxylic acids is 1. The third kappa shape index (κ3) is 4.31. The van der Waals surface area contributed by atoms with Gasteiger partial charge in [-0.1, -0.05) is 66.6 Å². The van der Waals surface area contributed by atoms with Gasteiger partial charge in [-0.3, -0.25) is 14.5 Å². The van der Waals surface area contributed by atoms with Crippen molar-refractivity contribution < 1.29 is 14.6 Å². The predicted molar refractivity (Wildman–Crippen MR) is 127 cm³/mol. The van der Waals surface area contributed by atoms with E-state index in [1.165, 1.54) is 24.4 Å². The molecule has 0 saturated carbocycles. The Morgan fingerprint density at radius 3 is 2.44 bits per heavy atom. The van der Waals surface area contributed by atoms with E-state index in [1.54, 1.807) is 36.4 Å². The third-order valence-electron chi connectivity index (χ3n) is 4.88. The molecule has 4 rings (SSSR count). The first kappa shape index (κ1) is 21.1. The topological polar surface area (TPSA) is 88.2 Å². The average Bonchev–Trinajstić information content (AvgIpc) is 2.82. The van der Waals surface area contributed by atoms with Crippen molar-refractivity contribution in [3.8, 4) is 12.3 Å². The number of sulfonamides is 1. The van der Waals surface area contributed by atoms with E-state index >= 15 is 0 Å². The van der Waals surface area contributed by atoms with Crippen molar-refractivity contribution in [2.75, 3.05) is 4.72 Å². The number of fused-ring (bicyclic) bond motifs is 1. The van der Waals surface area contributed by atoms with Crippen molar-refractivity contribution in [2.24, 2.45) is 0 Å². The lowest BCUT2D eigenvalue weighted by molar-refractivity contribution is 0.0946. The number of rotatable bonds is 6. The van der Waals surface area contributed by atoms with E-state index in [9.17, 15) is 13.2 Å². The molecule has 32 heavy (non-hydrogen) atoms. The zero-order chi connectivity index (χ0) is 22.6. The number of anilines is 1. The fourth-order valence-corrected chi connectivity index (χ4v) is 4.60. The molecule has 160 valence electrons. The molecule has 0 saturated heterocycles. The number of amides is 1. The molecule has 0 aliphatic heterocycles. The fraction of sp³-hybridized carbons (Fsp3) is 0.0400. The van der Waals surface area contributed by atoms with E-state index in [0.717, 1.165) is 5.56 Å². The first-order valence-electron chi connectivity index (χ1n) is 9.77. The maximum atomic E-state index is 13.2. The van der Waals surface area contributed by atoms with E-state index in [0.29, 0.717) is 10.9 Å². The Hall–Kier alpha value is -4.15. The monoisotopic (exact) mass is 443 g/mol. The van der Waals surface area contributed by atoms with Gasteiger partial charge in [-0.25, -0.2) is 8.42 Å². The SMILES string of the molecule is C#CC(NC(=O)c1ccccc1NS(=O)(=O)c1cccc2cccnc12)c1ccccc1.[HH]. The zero-order valence-electron chi connectivity index (χ0n) is 16.9. The summed E-state index contributed by atoms with van der Waals surface area (Å²) in [5, 5.41) is 3.47. The molecule has 1 unspecified atom stereocenters. The summed E-state index contributed by atoms with van der Waals surface area (Å²) in [6.07, 6.45) is 7.15. The van der Waals surface area contributed by atoms with E-state index in [2.05, 4.69) is 20.9 Å². The van der Waals surface area contributed by atoms with Crippen LogP contribution >= 0.6 is 0 Å². The van der Waals surface area contributed by atoms with Crippen molar-refractivity contribution in [1.82, 2.24) is 10.3 Å². The molecular formula is C25H21N3O3S. The second-order valence-electron chi connectivity index (χ2n) is 6.97. The van der Waals surface area contributed by atoms with Crippen molar-refractivity contribution >= 4 is 32.5 Å². The van der Waals surface area contributed by atoms with Crippen LogP contribution in [0.2, 0.25) is 0 Å². The molecule has 2 N–H and O–H groups in total. The number of hydrogen-bond donors (Lipinski definition) is 2. The first-order chi connectivity index (χ1) is 15.5. The average molecular weight is 444 g/mol. The van der Waals surface area contributed by atoms with Crippen LogP contribution in [0, 0.1) is 12.3 Å². The van der Waals surface area contributed by atoms with Gasteiger partial charge in [-0.2, -0.15) is 0 Å². The van der Waals surface area contributed by atoms with E-state index in [1.807, 2.05) is 30.3 Å². The number of terminal acetylenes is 1. The highest BCUT2D eigenvalue weighted by Gasteiger charge is 2.22. The van der Waals surface area contributed by atoms with Crippen molar-refractivity contribution in [1.29, 1.82) is 0 Å². The van der Waals surface area contributed by atoms with Gasteiger partial charge in [0.05, 0.1) is 16.8 Å². The standard InChI is InChI=1S/C25H19N3O3S.H2/c1-2-21(18-10-4-3-5-11-18)27-25(29)20-14-6-7-15-22(20)28-32(30,31)23-16-8-12-19-13-9-17-26-24(19)23;/h1,3-17,21,28H,(H,27,29);1H. The Kier molecular flexibility index (Phi) is 5.88. The number of para-hydroxylation sites is 2. The number of nitrogens with one attached hydrogen (secondary N) is 2. The molecule has 1 heterocycles. The van der Waals surface area contributed by atoms with Crippen LogP contribution in [0.15, 0.2) is 96.0 Å². The largest absolute Gasteiger partial charge is 0.334 e. The van der Waals surface area contributed by atoms with Gasteiger partial charge in [-0.05, 0) is 29.8 Å². The minimum atomic E-state index is -4.01. The van der Waals surface area contributed by atoms with Crippen LogP contribution in [0.25, 0.3) is 10.9 Å². The molecule has 0 radical (unpaired) electrons. The van der Waals surface area contributed by atoms with Gasteiger partial charge in [0.25, 0.3) is 15.9 Å². The molecule has 3 aromatic carbocycles. The molecule has 6 nitrogen and oxygen atoms in total. The van der Waals surface area contributed by atoms with Crippen molar-refractivity contribution in [3.63, 3.8) is 0 Å². The molecular weight excluding hydrogens is 422 g/mol. The first-order valence-corrected chi connectivity index (χ1v) is 11.3. The lowest BCUT2D eigenvalue weighted by atomic mass is 10.1. The molecule has 0 fully saturated rings. The van der Waals surface area contributed by atoms with Crippen LogP contribution in [0.3, 0.4) is 0 Å². The molecule has 0 aliphatic rings. The van der Waals surface area contributed by atoms with Gasteiger partial charge >= 0.3 is 0 Å². The normalized spacial score (nSPS) is 12.0. The highest BCUT2D eigenvalue weighted by atomic mass is 32.2. The molecule has 0 spiro atoms. The van der Waals surface area contributed by atoms with Crippen LogP contribution < -0.4 is 10.0 Å². The summed E-state index contributed by atoms with van der Waals surface area (Å²) in [6, 6.07) is 23.3. The minimum Gasteiger partial charge on any atom is -0.334 e. The third-order valence-corrected chi connectivity index (χ3v) is 6.27. The summed E-state index contributed by atoms with van der Waals surface area (Å²) in [7, 11) is -4.01. The number of nitrogens with zero attached hydrogens (tertiary/aromatic N) is 1. The molecule has 1 aromatic heterocycles. The molecule has 0 aliphatic carbocycles. The summed E-state index contributed by atoms with van der Waals surface area (Å²) in [5.74, 6) is 2.06. The summed E-state index contributed by atoms with van der Waals surface area (Å²) in [5.41, 5.74) is 1.39. The maximum Gasteiger partial charge on any atom is 0.264 e. The summed E-state index contributed by atoms with van der Waals surface area (Å²) in [4.78, 5) is 17.2. The van der Waals surface area contributed by atoms with Crippen LogP contribution in [0.4, 0.5) is 5.69 Å². The lowest BCUT2D eigenvalue weighted by Gasteiger charge is -2.16. The highest BCUT2D eigenvalue weighted by molar-refractivity contribution is 7.93. The van der Waals surface area contributed by atoms with Gasteiger partial charge in [0.1, 0.15) is 10.9 Å². The number of hydrogen-bond acceptors (Lipinski definition) is 4. The Balaban J connectivity index is 0.00000306. The summed E-state index contributed by atoms with van der Waals surface area (Å²) < 4.78 is 28.9. The summed E-state index contributed by atoms with van der Waals surface area (Å²) >= 11 is 0. The number of aromatic nitrogens is 1. The Morgan fingerprint density at radius 1 is 0.938 bits per heavy atom. The second kappa shape index (κ2) is 8.92. The van der Waals surface area contributed by atoms with Crippen LogP contribution in [-0.2, 0) is 10.0 Å². The Bertz CT molecular complexity index is 1430. The van der Waals surface area contributed by atoms with E-state index in [-0.39, 0.29) is 17.6 Å². The van der Waals surface area contributed by atoms with Gasteiger partial charge in [-0.15, -0.1) is 6.42 Å². The van der Waals surface area contributed by atoms with Crippen molar-refractivity contribution in [2.45, 2.75) is 10.9 Å². The number of pyridine rings is 1. The maximum absolute atomic E-state index is 13.2. The summed E-state index contributed by atoms with van der Waals surface area (Å²) in [6.45, 7) is 0. The lowest BCUT2D eigenvalue weighted by Crippen LogP contribution is -2.28. The van der Waals surface area contributed by atoms with Crippen molar-refractivity contribution in [3.05, 3.63) is 102 Å². The van der Waals surface area contributed by atoms with E-state index in [4.69, 9.17) is 6.42 Å². The smallest absolute Gasteiger partial charge is 0.264 e. The van der Waals surface area contributed by atoms with Crippen LogP contribution in [0.1, 0.15) is 23.4 Å². The quantitative estimate of drug-likeness (QED) is 0.433. The number of benzene rings is 3. The number of carbonyl (C=O) groups is 1. The van der Waals surface area contributed by atoms with Crippen LogP contribution in [0.5, 0.6) is 0 Å². The molecule has 4 aromatic rings. The zero-order valence-corrected chi connectivity index (χ0v) is 17.7. The molecule has 7 heteroatoms.